The van der Waals surface area contributed by atoms with E-state index in [1.807, 2.05) is 44.3 Å². The molecular weight excluding hydrogens is 362 g/mol. The molecule has 2 N–H and O–H groups in total. The van der Waals surface area contributed by atoms with Gasteiger partial charge in [0, 0.05) is 17.5 Å². The number of nitrogens with zero attached hydrogens (tertiary/aromatic N) is 1. The van der Waals surface area contributed by atoms with E-state index in [9.17, 15) is 9.00 Å². The van der Waals surface area contributed by atoms with Crippen LogP contribution in [0.2, 0.25) is 0 Å². The van der Waals surface area contributed by atoms with E-state index in [4.69, 9.17) is 4.18 Å². The highest BCUT2D eigenvalue weighted by atomic mass is 32.2. The van der Waals surface area contributed by atoms with Gasteiger partial charge in [-0.3, -0.25) is 4.79 Å². The van der Waals surface area contributed by atoms with Crippen LogP contribution in [0.25, 0.3) is 22.2 Å². The van der Waals surface area contributed by atoms with Crippen LogP contribution < -0.4 is 9.50 Å². The third-order valence-electron chi connectivity index (χ3n) is 4.46. The zero-order valence-electron chi connectivity index (χ0n) is 15.2. The second kappa shape index (κ2) is 7.15. The highest BCUT2D eigenvalue weighted by molar-refractivity contribution is 7.81. The molecule has 1 fully saturated rings. The lowest BCUT2D eigenvalue weighted by molar-refractivity contribution is -0.117. The Morgan fingerprint density at radius 3 is 2.67 bits per heavy atom. The molecule has 0 bridgehead atoms. The van der Waals surface area contributed by atoms with Crippen molar-refractivity contribution in [2.45, 2.75) is 31.9 Å². The molecule has 2 aromatic heterocycles. The van der Waals surface area contributed by atoms with Gasteiger partial charge in [0.2, 0.25) is 17.0 Å². The predicted octanol–water partition coefficient (Wildman–Crippen LogP) is 4.03. The maximum Gasteiger partial charge on any atom is 0.228 e. The fourth-order valence-corrected chi connectivity index (χ4v) is 3.29. The van der Waals surface area contributed by atoms with Crippen LogP contribution >= 0.6 is 0 Å². The average Bonchev–Trinajstić information content (AvgIpc) is 3.40. The number of rotatable bonds is 6. The number of hydrogen-bond acceptors (Lipinski definition) is 4. The number of pyridine rings is 1. The summed E-state index contributed by atoms with van der Waals surface area (Å²) in [6, 6.07) is 11.3. The van der Waals surface area contributed by atoms with Crippen molar-refractivity contribution in [2.24, 2.45) is 5.92 Å². The molecule has 1 amide bonds. The van der Waals surface area contributed by atoms with Gasteiger partial charge in [-0.15, -0.1) is 0 Å². The Labute approximate surface area is 160 Å². The molecule has 1 aliphatic carbocycles. The summed E-state index contributed by atoms with van der Waals surface area (Å²) in [7, 11) is 0. The summed E-state index contributed by atoms with van der Waals surface area (Å²) in [5, 5.41) is 3.81. The average molecular weight is 383 g/mol. The molecule has 0 aliphatic heterocycles. The third-order valence-corrected chi connectivity index (χ3v) is 5.58. The van der Waals surface area contributed by atoms with Crippen molar-refractivity contribution in [3.8, 4) is 16.9 Å². The molecule has 0 spiro atoms. The van der Waals surface area contributed by atoms with Gasteiger partial charge in [-0.1, -0.05) is 12.1 Å². The van der Waals surface area contributed by atoms with Gasteiger partial charge < -0.3 is 14.5 Å². The smallest absolute Gasteiger partial charge is 0.228 e. The molecule has 1 saturated carbocycles. The fraction of sp³-hybridized carbons (Fsp3) is 0.300. The molecule has 1 aromatic carbocycles. The summed E-state index contributed by atoms with van der Waals surface area (Å²) in [5.41, 5.74) is 2.65. The number of nitrogens with one attached hydrogen (secondary N) is 2. The largest absolute Gasteiger partial charge is 0.400 e. The first-order chi connectivity index (χ1) is 13.0. The molecule has 7 heteroatoms. The van der Waals surface area contributed by atoms with Crippen LogP contribution in [0.3, 0.4) is 0 Å². The Kier molecular flexibility index (Phi) is 4.70. The van der Waals surface area contributed by atoms with Crippen molar-refractivity contribution in [1.29, 1.82) is 0 Å². The van der Waals surface area contributed by atoms with E-state index in [1.54, 1.807) is 12.1 Å². The standard InChI is InChI=1S/C20H21N3O3S/c1-12(2)27(25)26-15-7-5-13(6-8-15)17-11-18(23-20(24)14-3-4-14)22-19-16(17)9-10-21-19/h5-12,14H,3-4H2,1-2H3,(H2,21,22,23,24). The monoisotopic (exact) mass is 383 g/mol. The summed E-state index contributed by atoms with van der Waals surface area (Å²) in [5.74, 6) is 1.25. The van der Waals surface area contributed by atoms with Crippen LogP contribution in [0.5, 0.6) is 5.75 Å². The van der Waals surface area contributed by atoms with Crippen molar-refractivity contribution in [1.82, 2.24) is 9.97 Å². The number of anilines is 1. The Morgan fingerprint density at radius 1 is 1.26 bits per heavy atom. The van der Waals surface area contributed by atoms with E-state index in [-0.39, 0.29) is 17.1 Å². The van der Waals surface area contributed by atoms with Crippen molar-refractivity contribution >= 4 is 33.8 Å². The molecule has 0 saturated heterocycles. The minimum atomic E-state index is -1.36. The Hall–Kier alpha value is -2.67. The number of fused-ring (bicyclic) bond motifs is 1. The molecule has 6 nitrogen and oxygen atoms in total. The minimum absolute atomic E-state index is 0.0271. The van der Waals surface area contributed by atoms with Crippen LogP contribution in [0.4, 0.5) is 5.82 Å². The summed E-state index contributed by atoms with van der Waals surface area (Å²) in [6.07, 6.45) is 3.72. The van der Waals surface area contributed by atoms with Gasteiger partial charge in [0.1, 0.15) is 17.2 Å². The second-order valence-electron chi connectivity index (χ2n) is 6.98. The van der Waals surface area contributed by atoms with Gasteiger partial charge in [-0.05, 0) is 62.1 Å². The normalized spacial score (nSPS) is 15.1. The van der Waals surface area contributed by atoms with Crippen molar-refractivity contribution in [2.75, 3.05) is 5.32 Å². The quantitative estimate of drug-likeness (QED) is 0.673. The summed E-state index contributed by atoms with van der Waals surface area (Å²) in [4.78, 5) is 19.7. The van der Waals surface area contributed by atoms with Crippen molar-refractivity contribution < 1.29 is 13.2 Å². The number of amides is 1. The minimum Gasteiger partial charge on any atom is -0.400 e. The topological polar surface area (TPSA) is 84.1 Å². The number of carbonyl (C=O) groups excluding carboxylic acids is 1. The zero-order valence-corrected chi connectivity index (χ0v) is 16.0. The molecular formula is C20H21N3O3S. The van der Waals surface area contributed by atoms with Gasteiger partial charge in [-0.2, -0.15) is 0 Å². The van der Waals surface area contributed by atoms with Gasteiger partial charge >= 0.3 is 0 Å². The zero-order chi connectivity index (χ0) is 19.0. The molecule has 4 rings (SSSR count). The van der Waals surface area contributed by atoms with Gasteiger partial charge in [0.15, 0.2) is 0 Å². The van der Waals surface area contributed by atoms with E-state index in [0.717, 1.165) is 35.0 Å². The second-order valence-corrected chi connectivity index (χ2v) is 8.61. The highest BCUT2D eigenvalue weighted by Gasteiger charge is 2.30. The molecule has 1 aliphatic rings. The molecule has 2 heterocycles. The maximum absolute atomic E-state index is 12.1. The molecule has 1 atom stereocenters. The molecule has 27 heavy (non-hydrogen) atoms. The highest BCUT2D eigenvalue weighted by Crippen LogP contribution is 2.33. The Morgan fingerprint density at radius 2 is 2.00 bits per heavy atom. The van der Waals surface area contributed by atoms with Crippen LogP contribution in [0.15, 0.2) is 42.6 Å². The molecule has 140 valence electrons. The van der Waals surface area contributed by atoms with E-state index in [0.29, 0.717) is 11.6 Å². The first kappa shape index (κ1) is 17.7. The summed E-state index contributed by atoms with van der Waals surface area (Å²) < 4.78 is 17.3. The number of carbonyl (C=O) groups is 1. The number of H-pyrrole nitrogens is 1. The van der Waals surface area contributed by atoms with Crippen LogP contribution in [-0.2, 0) is 15.9 Å². The van der Waals surface area contributed by atoms with Gasteiger partial charge in [0.05, 0.1) is 5.25 Å². The molecule has 1 unspecified atom stereocenters. The van der Waals surface area contributed by atoms with E-state index in [1.165, 1.54) is 0 Å². The van der Waals surface area contributed by atoms with Gasteiger partial charge in [0.25, 0.3) is 0 Å². The lowest BCUT2D eigenvalue weighted by Crippen LogP contribution is -2.14. The molecule has 0 radical (unpaired) electrons. The van der Waals surface area contributed by atoms with Crippen LogP contribution in [0.1, 0.15) is 26.7 Å². The lowest BCUT2D eigenvalue weighted by Gasteiger charge is -2.10. The lowest BCUT2D eigenvalue weighted by atomic mass is 10.0. The number of hydrogen-bond donors (Lipinski definition) is 2. The first-order valence-electron chi connectivity index (χ1n) is 8.99. The van der Waals surface area contributed by atoms with Crippen LogP contribution in [-0.4, -0.2) is 25.3 Å². The summed E-state index contributed by atoms with van der Waals surface area (Å²) in [6.45, 7) is 3.70. The maximum atomic E-state index is 12.1. The van der Waals surface area contributed by atoms with E-state index in [2.05, 4.69) is 15.3 Å². The number of aromatic amines is 1. The first-order valence-corrected chi connectivity index (χ1v) is 10.1. The summed E-state index contributed by atoms with van der Waals surface area (Å²) >= 11 is -1.36. The van der Waals surface area contributed by atoms with Crippen molar-refractivity contribution in [3.05, 3.63) is 42.6 Å². The fourth-order valence-electron chi connectivity index (χ4n) is 2.80. The Balaban J connectivity index is 1.64. The number of benzene rings is 1. The van der Waals surface area contributed by atoms with Gasteiger partial charge in [-0.25, -0.2) is 9.19 Å². The van der Waals surface area contributed by atoms with E-state index >= 15 is 0 Å². The number of aromatic nitrogens is 2. The SMILES string of the molecule is CC(C)S(=O)Oc1ccc(-c2cc(NC(=O)C3CC3)nc3[nH]ccc23)cc1. The van der Waals surface area contributed by atoms with Crippen LogP contribution in [0, 0.1) is 5.92 Å². The molecule has 3 aromatic rings. The van der Waals surface area contributed by atoms with E-state index < -0.39 is 11.1 Å². The van der Waals surface area contributed by atoms with Crippen molar-refractivity contribution in [3.63, 3.8) is 0 Å². The predicted molar refractivity (Wildman–Crippen MR) is 107 cm³/mol. The third kappa shape index (κ3) is 3.88. The Bertz CT molecular complexity index is 1010.